The van der Waals surface area contributed by atoms with E-state index < -0.39 is 11.6 Å². The van der Waals surface area contributed by atoms with Crippen molar-refractivity contribution >= 4 is 41.2 Å². The summed E-state index contributed by atoms with van der Waals surface area (Å²) in [5.41, 5.74) is 15.2. The van der Waals surface area contributed by atoms with Gasteiger partial charge in [-0.1, -0.05) is 11.8 Å². The molecule has 0 saturated heterocycles. The number of nitrogens with two attached hydrogens (primary N) is 2. The number of nitrogens with zero attached hydrogens (tertiary/aromatic N) is 4. The molecule has 5 rings (SSSR count). The van der Waals surface area contributed by atoms with Gasteiger partial charge in [0, 0.05) is 48.1 Å². The van der Waals surface area contributed by atoms with E-state index in [1.54, 1.807) is 41.4 Å². The molecule has 0 saturated carbocycles. The van der Waals surface area contributed by atoms with Gasteiger partial charge in [0.25, 0.3) is 0 Å². The molecule has 5 aromatic rings. The Kier molecular flexibility index (Phi) is 9.52. The van der Waals surface area contributed by atoms with Crippen molar-refractivity contribution in [2.24, 2.45) is 0 Å². The van der Waals surface area contributed by atoms with Crippen LogP contribution < -0.4 is 31.1 Å². The van der Waals surface area contributed by atoms with E-state index in [0.717, 1.165) is 11.1 Å². The molecule has 0 radical (unpaired) electrons. The van der Waals surface area contributed by atoms with Crippen LogP contribution >= 0.6 is 12.4 Å². The maximum absolute atomic E-state index is 13.0. The monoisotopic (exact) mass is 614 g/mol. The highest BCUT2D eigenvalue weighted by atomic mass is 35.5. The molecule has 0 fully saturated rings. The summed E-state index contributed by atoms with van der Waals surface area (Å²) in [6.45, 7) is 0.331. The van der Waals surface area contributed by atoms with Gasteiger partial charge in [-0.2, -0.15) is 4.98 Å². The van der Waals surface area contributed by atoms with Gasteiger partial charge < -0.3 is 35.4 Å². The van der Waals surface area contributed by atoms with Crippen molar-refractivity contribution in [2.75, 3.05) is 25.7 Å². The number of hydrogen-bond donors (Lipinski definition) is 3. The second-order valence-electron chi connectivity index (χ2n) is 9.35. The van der Waals surface area contributed by atoms with E-state index in [0.29, 0.717) is 46.7 Å². The van der Waals surface area contributed by atoms with Crippen molar-refractivity contribution in [3.05, 3.63) is 105 Å². The molecule has 0 aliphatic rings. The standard InChI is InChI=1S/C31H26N6O6.ClH/c1-41-25-14-20(12-22-15-35-30(33)36-29(22)32)11-21(28(25)42-2)5-3-18-4-6-23-24(13-18)37(16-19-7-9-34-10-8-19)17-26(27(23)38)43-31(39)40;/h4,6-11,13-15,17H,12,16H2,1-2H3,(H,39,40)(H4,32,33,35,36);1H. The van der Waals surface area contributed by atoms with Gasteiger partial charge in [0.15, 0.2) is 17.2 Å². The number of aromatic nitrogens is 4. The maximum Gasteiger partial charge on any atom is 0.511 e. The summed E-state index contributed by atoms with van der Waals surface area (Å²) in [6.07, 6.45) is 5.08. The molecule has 12 nitrogen and oxygen atoms in total. The smallest absolute Gasteiger partial charge is 0.493 e. The Balaban J connectivity index is 0.00000442. The van der Waals surface area contributed by atoms with E-state index in [9.17, 15) is 9.59 Å². The van der Waals surface area contributed by atoms with Crippen molar-refractivity contribution in [3.63, 3.8) is 0 Å². The topological polar surface area (TPSA) is 178 Å². The van der Waals surface area contributed by atoms with E-state index in [1.807, 2.05) is 24.3 Å². The second kappa shape index (κ2) is 13.5. The number of ether oxygens (including phenoxy) is 3. The third kappa shape index (κ3) is 6.80. The molecule has 0 bridgehead atoms. The highest BCUT2D eigenvalue weighted by Crippen LogP contribution is 2.33. The van der Waals surface area contributed by atoms with Gasteiger partial charge in [-0.05, 0) is 53.6 Å². The first kappa shape index (κ1) is 31.1. The van der Waals surface area contributed by atoms with Crippen LogP contribution in [-0.4, -0.2) is 45.0 Å². The summed E-state index contributed by atoms with van der Waals surface area (Å²) in [5, 5.41) is 9.42. The predicted molar refractivity (Wildman–Crippen MR) is 167 cm³/mol. The Morgan fingerprint density at radius 1 is 1.00 bits per heavy atom. The average molecular weight is 615 g/mol. The zero-order valence-electron chi connectivity index (χ0n) is 23.6. The number of anilines is 2. The minimum absolute atomic E-state index is 0. The van der Waals surface area contributed by atoms with Crippen LogP contribution in [0.3, 0.4) is 0 Å². The normalized spacial score (nSPS) is 10.3. The predicted octanol–water partition coefficient (Wildman–Crippen LogP) is 3.89. The van der Waals surface area contributed by atoms with Crippen molar-refractivity contribution in [3.8, 4) is 29.1 Å². The Labute approximate surface area is 257 Å². The molecular weight excluding hydrogens is 588 g/mol. The zero-order valence-corrected chi connectivity index (χ0v) is 24.4. The maximum atomic E-state index is 13.0. The lowest BCUT2D eigenvalue weighted by molar-refractivity contribution is 0.144. The first-order chi connectivity index (χ1) is 20.7. The minimum atomic E-state index is -1.58. The van der Waals surface area contributed by atoms with Crippen LogP contribution in [0, 0.1) is 11.8 Å². The van der Waals surface area contributed by atoms with Crippen molar-refractivity contribution in [2.45, 2.75) is 13.0 Å². The fourth-order valence-electron chi connectivity index (χ4n) is 4.57. The zero-order chi connectivity index (χ0) is 30.5. The summed E-state index contributed by atoms with van der Waals surface area (Å²) < 4.78 is 17.7. The number of hydrogen-bond acceptors (Lipinski definition) is 10. The summed E-state index contributed by atoms with van der Waals surface area (Å²) in [7, 11) is 3.06. The first-order valence-corrected chi connectivity index (χ1v) is 12.9. The van der Waals surface area contributed by atoms with Crippen molar-refractivity contribution < 1.29 is 24.1 Å². The summed E-state index contributed by atoms with van der Waals surface area (Å²) in [6, 6.07) is 12.4. The van der Waals surface area contributed by atoms with E-state index in [-0.39, 0.29) is 35.3 Å². The Bertz CT molecular complexity index is 1970. The lowest BCUT2D eigenvalue weighted by atomic mass is 10.0. The van der Waals surface area contributed by atoms with Crippen molar-refractivity contribution in [1.82, 2.24) is 19.5 Å². The van der Waals surface area contributed by atoms with Gasteiger partial charge in [0.05, 0.1) is 31.5 Å². The first-order valence-electron chi connectivity index (χ1n) is 12.9. The molecule has 0 aliphatic carbocycles. The summed E-state index contributed by atoms with van der Waals surface area (Å²) in [5.74, 6) is 7.30. The van der Waals surface area contributed by atoms with Gasteiger partial charge in [-0.25, -0.2) is 9.78 Å². The number of pyridine rings is 2. The van der Waals surface area contributed by atoms with E-state index in [2.05, 4.69) is 26.8 Å². The van der Waals surface area contributed by atoms with Gasteiger partial charge in [-0.3, -0.25) is 9.78 Å². The van der Waals surface area contributed by atoms with Crippen LogP contribution in [0.1, 0.15) is 27.8 Å². The Hall–Kier alpha value is -5.80. The highest BCUT2D eigenvalue weighted by Gasteiger charge is 2.15. The molecule has 0 unspecified atom stereocenters. The fraction of sp³-hybridized carbons (Fsp3) is 0.129. The van der Waals surface area contributed by atoms with E-state index in [1.165, 1.54) is 20.4 Å². The molecule has 0 amide bonds. The molecule has 0 spiro atoms. The minimum Gasteiger partial charge on any atom is -0.493 e. The average Bonchev–Trinajstić information content (AvgIpc) is 2.99. The number of carboxylic acid groups (broad SMARTS) is 1. The molecule has 0 aliphatic heterocycles. The van der Waals surface area contributed by atoms with Gasteiger partial charge in [0.1, 0.15) is 5.82 Å². The third-order valence-corrected chi connectivity index (χ3v) is 6.54. The van der Waals surface area contributed by atoms with E-state index >= 15 is 0 Å². The quantitative estimate of drug-likeness (QED) is 0.179. The Morgan fingerprint density at radius 2 is 1.77 bits per heavy atom. The van der Waals surface area contributed by atoms with Crippen LogP contribution in [0.15, 0.2) is 72.0 Å². The number of benzene rings is 2. The third-order valence-electron chi connectivity index (χ3n) is 6.54. The molecule has 13 heteroatoms. The molecule has 224 valence electrons. The number of halogens is 1. The lowest BCUT2D eigenvalue weighted by Gasteiger charge is -2.14. The Morgan fingerprint density at radius 3 is 2.45 bits per heavy atom. The molecule has 3 heterocycles. The fourth-order valence-corrected chi connectivity index (χ4v) is 4.57. The SMILES string of the molecule is COc1cc(Cc2cnc(N)nc2N)cc(C#Cc2ccc3c(=O)c(OC(=O)O)cn(Cc4ccncc4)c3c2)c1OC.Cl. The number of carbonyl (C=O) groups is 1. The van der Waals surface area contributed by atoms with Crippen molar-refractivity contribution in [1.29, 1.82) is 0 Å². The number of fused-ring (bicyclic) bond motifs is 1. The molecule has 44 heavy (non-hydrogen) atoms. The van der Waals surface area contributed by atoms with Crippen LogP contribution in [-0.2, 0) is 13.0 Å². The number of rotatable bonds is 7. The summed E-state index contributed by atoms with van der Waals surface area (Å²) >= 11 is 0. The molecule has 5 N–H and O–H groups in total. The van der Waals surface area contributed by atoms with Gasteiger partial charge in [0.2, 0.25) is 11.4 Å². The van der Waals surface area contributed by atoms with Gasteiger partial charge in [-0.15, -0.1) is 12.4 Å². The molecule has 3 aromatic heterocycles. The molecule has 2 aromatic carbocycles. The molecule has 0 atom stereocenters. The lowest BCUT2D eigenvalue weighted by Crippen LogP contribution is -2.16. The van der Waals surface area contributed by atoms with Crippen LogP contribution in [0.25, 0.3) is 10.9 Å². The van der Waals surface area contributed by atoms with Crippen LogP contribution in [0.2, 0.25) is 0 Å². The van der Waals surface area contributed by atoms with Gasteiger partial charge >= 0.3 is 6.16 Å². The second-order valence-corrected chi connectivity index (χ2v) is 9.35. The number of methoxy groups -OCH3 is 2. The highest BCUT2D eigenvalue weighted by molar-refractivity contribution is 5.85. The van der Waals surface area contributed by atoms with E-state index in [4.69, 9.17) is 30.8 Å². The summed E-state index contributed by atoms with van der Waals surface area (Å²) in [4.78, 5) is 36.4. The number of nitrogen functional groups attached to an aromatic ring is 2. The largest absolute Gasteiger partial charge is 0.511 e. The molecular formula is C31H27ClN6O6. The van der Waals surface area contributed by atoms with Crippen LogP contribution in [0.4, 0.5) is 16.6 Å². The van der Waals surface area contributed by atoms with Crippen LogP contribution in [0.5, 0.6) is 17.2 Å².